The van der Waals surface area contributed by atoms with Gasteiger partial charge in [0.25, 0.3) is 5.91 Å². The molecular weight excluding hydrogens is 741 g/mol. The Morgan fingerprint density at radius 2 is 1.60 bits per heavy atom. The number of hydrogen-bond donors (Lipinski definition) is 2. The quantitative estimate of drug-likeness (QED) is 0.165. The molecule has 0 bridgehead atoms. The van der Waals surface area contributed by atoms with Crippen LogP contribution in [0.1, 0.15) is 88.5 Å². The van der Waals surface area contributed by atoms with Crippen LogP contribution in [0.5, 0.6) is 0 Å². The fourth-order valence-electron chi connectivity index (χ4n) is 8.35. The Morgan fingerprint density at radius 1 is 1.00 bits per heavy atom. The smallest absolute Gasteiger partial charge is 0.429 e. The maximum Gasteiger partial charge on any atom is 0.429 e. The van der Waals surface area contributed by atoms with Crippen molar-refractivity contribution in [1.29, 1.82) is 0 Å². The number of hydrazine groups is 1. The Bertz CT molecular complexity index is 1440. The summed E-state index contributed by atoms with van der Waals surface area (Å²) in [4.78, 5) is 71.6. The molecule has 0 radical (unpaired) electrons. The second kappa shape index (κ2) is 18.8. The van der Waals surface area contributed by atoms with E-state index in [0.717, 1.165) is 5.01 Å². The highest BCUT2D eigenvalue weighted by Gasteiger charge is 2.61. The molecule has 0 spiro atoms. The first kappa shape index (κ1) is 46.9. The van der Waals surface area contributed by atoms with E-state index in [4.69, 9.17) is 32.7 Å². The largest absolute Gasteiger partial charge is 0.457 e. The van der Waals surface area contributed by atoms with Crippen molar-refractivity contribution in [2.75, 3.05) is 40.6 Å². The Balaban J connectivity index is 2.13. The normalized spacial score (nSPS) is 38.3. The van der Waals surface area contributed by atoms with Crippen LogP contribution < -0.4 is 5.43 Å². The molecule has 0 unspecified atom stereocenters. The van der Waals surface area contributed by atoms with Gasteiger partial charge in [0.2, 0.25) is 0 Å². The van der Waals surface area contributed by atoms with E-state index in [1.807, 2.05) is 25.9 Å². The molecule has 3 aliphatic rings. The fourth-order valence-corrected chi connectivity index (χ4v) is 9.82. The van der Waals surface area contributed by atoms with Crippen molar-refractivity contribution in [3.63, 3.8) is 0 Å². The van der Waals surface area contributed by atoms with Gasteiger partial charge in [-0.25, -0.2) is 9.80 Å². The number of ether oxygens (including phenoxy) is 5. The molecule has 0 aromatic heterocycles. The Morgan fingerprint density at radius 3 is 2.13 bits per heavy atom. The number of ketones is 2. The van der Waals surface area contributed by atoms with Crippen molar-refractivity contribution in [3.8, 4) is 0 Å². The van der Waals surface area contributed by atoms with Gasteiger partial charge >= 0.3 is 19.7 Å². The van der Waals surface area contributed by atoms with Gasteiger partial charge in [0.05, 0.1) is 31.0 Å². The van der Waals surface area contributed by atoms with Crippen molar-refractivity contribution in [3.05, 3.63) is 0 Å². The second-order valence-corrected chi connectivity index (χ2v) is 17.7. The number of Topliss-reactive ketones (excluding diaryl/α,β-unsaturated/α-hetero) is 2. The molecule has 2 N–H and O–H groups in total. The number of amides is 2. The minimum Gasteiger partial charge on any atom is -0.457 e. The topological polar surface area (TPSA) is 206 Å². The zero-order chi connectivity index (χ0) is 41.8. The van der Waals surface area contributed by atoms with Crippen LogP contribution in [0.15, 0.2) is 0 Å². The highest BCUT2D eigenvalue weighted by molar-refractivity contribution is 7.54. The number of rotatable bonds is 12. The predicted molar refractivity (Wildman–Crippen MR) is 199 cm³/mol. The molecule has 0 saturated carbocycles. The van der Waals surface area contributed by atoms with Crippen LogP contribution in [0.4, 0.5) is 4.79 Å². The summed E-state index contributed by atoms with van der Waals surface area (Å²) in [6.07, 6.45) is -6.05. The molecular formula is C37H64N3O14P. The molecule has 3 rings (SSSR count). The number of cyclic esters (lactones) is 1. The standard InChI is InChI=1S/C37H64N3O14P/c1-14-26-37(10)31(40(35(46)54-37)38-27(41)19-55(47,49-15-2)50-16-3)22(6)28(42)20(4)18-36(9,48-13)32(23(7)29(43)24(8)33(45)52-26)53-34-30(44)25(39(11)12)17-21(5)51-34/h20-26,30-32,34,44H,14-19H2,1-13H3,(H,38,41)/t20-,21-,22+,23+,24-,25+,26-,30-,31-,32-,34+,36-,37-/m1/s1. The van der Waals surface area contributed by atoms with Gasteiger partial charge in [0.15, 0.2) is 17.7 Å². The first-order chi connectivity index (χ1) is 25.5. The maximum absolute atomic E-state index is 14.6. The molecule has 3 saturated heterocycles. The van der Waals surface area contributed by atoms with E-state index >= 15 is 0 Å². The summed E-state index contributed by atoms with van der Waals surface area (Å²) in [7, 11) is 1.19. The van der Waals surface area contributed by atoms with Crippen molar-refractivity contribution in [2.24, 2.45) is 23.7 Å². The van der Waals surface area contributed by atoms with Gasteiger partial charge in [-0.1, -0.05) is 27.7 Å². The first-order valence-electron chi connectivity index (χ1n) is 19.2. The third-order valence-electron chi connectivity index (χ3n) is 11.3. The lowest BCUT2D eigenvalue weighted by molar-refractivity contribution is -0.295. The summed E-state index contributed by atoms with van der Waals surface area (Å²) in [6, 6.07) is -1.58. The van der Waals surface area contributed by atoms with Gasteiger partial charge in [-0.3, -0.25) is 29.2 Å². The number of likely N-dealkylation sites (N-methyl/N-ethyl adjacent to an activating group) is 1. The van der Waals surface area contributed by atoms with Gasteiger partial charge in [0.1, 0.15) is 36.1 Å². The number of nitrogens with one attached hydrogen (secondary N) is 1. The van der Waals surface area contributed by atoms with Crippen LogP contribution in [0.25, 0.3) is 0 Å². The van der Waals surface area contributed by atoms with Crippen molar-refractivity contribution in [1.82, 2.24) is 15.3 Å². The van der Waals surface area contributed by atoms with Gasteiger partial charge in [-0.15, -0.1) is 0 Å². The van der Waals surface area contributed by atoms with Gasteiger partial charge in [0, 0.05) is 30.9 Å². The van der Waals surface area contributed by atoms with Crippen molar-refractivity contribution in [2.45, 2.75) is 142 Å². The van der Waals surface area contributed by atoms with Crippen LogP contribution in [0, 0.1) is 23.7 Å². The minimum absolute atomic E-state index is 0.0000370. The number of aliphatic hydroxyl groups is 1. The molecule has 18 heteroatoms. The third-order valence-corrected chi connectivity index (χ3v) is 13.3. The lowest BCUT2D eigenvalue weighted by atomic mass is 9.73. The first-order valence-corrected chi connectivity index (χ1v) is 21.0. The van der Waals surface area contributed by atoms with Crippen LogP contribution >= 0.6 is 7.60 Å². The van der Waals surface area contributed by atoms with Crippen LogP contribution in [-0.4, -0.2) is 139 Å². The highest BCUT2D eigenvalue weighted by Crippen LogP contribution is 2.48. The molecule has 0 aliphatic carbocycles. The maximum atomic E-state index is 14.6. The molecule has 0 aromatic carbocycles. The molecule has 3 aliphatic heterocycles. The van der Waals surface area contributed by atoms with E-state index in [2.05, 4.69) is 5.43 Å². The van der Waals surface area contributed by atoms with Crippen LogP contribution in [0.2, 0.25) is 0 Å². The van der Waals surface area contributed by atoms with Crippen molar-refractivity contribution < 1.29 is 66.4 Å². The third kappa shape index (κ3) is 10.2. The van der Waals surface area contributed by atoms with E-state index in [1.165, 1.54) is 21.0 Å². The van der Waals surface area contributed by atoms with E-state index in [-0.39, 0.29) is 44.0 Å². The zero-order valence-corrected chi connectivity index (χ0v) is 35.6. The summed E-state index contributed by atoms with van der Waals surface area (Å²) in [5.74, 6) is -6.95. The van der Waals surface area contributed by atoms with E-state index in [9.17, 15) is 33.6 Å². The molecule has 3 fully saturated rings. The summed E-state index contributed by atoms with van der Waals surface area (Å²) in [6.45, 7) is 16.2. The van der Waals surface area contributed by atoms with Gasteiger partial charge < -0.3 is 42.7 Å². The van der Waals surface area contributed by atoms with Crippen molar-refractivity contribution >= 4 is 37.1 Å². The van der Waals surface area contributed by atoms with E-state index < -0.39 is 103 Å². The average molecular weight is 806 g/mol. The number of aliphatic hydroxyl groups excluding tert-OH is 1. The molecule has 2 amide bonds. The molecule has 316 valence electrons. The number of hydrogen-bond acceptors (Lipinski definition) is 15. The monoisotopic (exact) mass is 805 g/mol. The Hall–Kier alpha value is -2.50. The summed E-state index contributed by atoms with van der Waals surface area (Å²) >= 11 is 0. The summed E-state index contributed by atoms with van der Waals surface area (Å²) < 4.78 is 54.3. The molecule has 17 nitrogen and oxygen atoms in total. The van der Waals surface area contributed by atoms with Gasteiger partial charge in [-0.05, 0) is 74.9 Å². The van der Waals surface area contributed by atoms with Gasteiger partial charge in [-0.2, -0.15) is 0 Å². The fraction of sp³-hybridized carbons (Fsp3) is 0.865. The number of methoxy groups -OCH3 is 1. The highest BCUT2D eigenvalue weighted by atomic mass is 31.2. The summed E-state index contributed by atoms with van der Waals surface area (Å²) in [5, 5.41) is 12.3. The second-order valence-electron chi connectivity index (χ2n) is 15.7. The van der Waals surface area contributed by atoms with Crippen LogP contribution in [0.3, 0.4) is 0 Å². The zero-order valence-electron chi connectivity index (χ0n) is 34.7. The van der Waals surface area contributed by atoms with E-state index in [0.29, 0.717) is 6.42 Å². The molecule has 3 heterocycles. The van der Waals surface area contributed by atoms with Crippen LogP contribution in [-0.2, 0) is 56.5 Å². The number of esters is 1. The summed E-state index contributed by atoms with van der Waals surface area (Å²) in [5.41, 5.74) is -0.630. The number of carbonyl (C=O) groups excluding carboxylic acids is 5. The number of nitrogens with zero attached hydrogens (tertiary/aromatic N) is 2. The Labute approximate surface area is 325 Å². The average Bonchev–Trinajstić information content (AvgIpc) is 3.36. The minimum atomic E-state index is -3.90. The molecule has 55 heavy (non-hydrogen) atoms. The predicted octanol–water partition coefficient (Wildman–Crippen LogP) is 3.49. The number of fused-ring (bicyclic) bond motifs is 1. The van der Waals surface area contributed by atoms with E-state index in [1.54, 1.807) is 48.5 Å². The lowest BCUT2D eigenvalue weighted by Crippen LogP contribution is -2.62. The lowest BCUT2D eigenvalue weighted by Gasteiger charge is -2.47. The number of carbonyl (C=O) groups is 5. The molecule has 0 aromatic rings. The Kier molecular flexibility index (Phi) is 16.1. The SMILES string of the molecule is CCOP(=O)(CC(=O)NN1C(=O)O[C@]2(C)[C@@H](CC)OC(=O)[C@H](C)C(=O)[C@H](C)[C@@H](O[C@@H]3O[C@H](C)C[C@H](N(C)C)[C@H]3O)[C@](C)(OC)C[C@@H](C)C(=O)[C@H](C)[C@@H]12)OCC. The molecule has 13 atom stereocenters.